The molecule has 0 aliphatic carbocycles. The highest BCUT2D eigenvalue weighted by atomic mass is 16.3. The third kappa shape index (κ3) is 3.59. The van der Waals surface area contributed by atoms with Crippen LogP contribution in [0.2, 0.25) is 0 Å². The molecule has 0 saturated heterocycles. The zero-order valence-electron chi connectivity index (χ0n) is 21.0. The maximum Gasteiger partial charge on any atom is 0.246 e. The molecule has 3 nitrogen and oxygen atoms in total. The van der Waals surface area contributed by atoms with Crippen molar-refractivity contribution in [2.75, 3.05) is 0 Å². The van der Waals surface area contributed by atoms with Gasteiger partial charge in [-0.15, -0.1) is 0 Å². The molecule has 2 heterocycles. The lowest BCUT2D eigenvalue weighted by Gasteiger charge is -2.10. The zero-order chi connectivity index (χ0) is 25.8. The molecule has 39 heavy (non-hydrogen) atoms. The van der Waals surface area contributed by atoms with Crippen LogP contribution in [0.3, 0.4) is 0 Å². The van der Waals surface area contributed by atoms with Crippen molar-refractivity contribution in [3.63, 3.8) is 0 Å². The monoisotopic (exact) mass is 498 g/mol. The van der Waals surface area contributed by atoms with E-state index in [0.29, 0.717) is 5.71 Å². The molecule has 0 aliphatic heterocycles. The van der Waals surface area contributed by atoms with Crippen LogP contribution in [0.5, 0.6) is 0 Å². The number of aromatic nitrogens is 2. The van der Waals surface area contributed by atoms with Crippen LogP contribution in [0.4, 0.5) is 0 Å². The predicted octanol–water partition coefficient (Wildman–Crippen LogP) is 9.68. The molecule has 8 aromatic rings. The van der Waals surface area contributed by atoms with E-state index >= 15 is 0 Å². The van der Waals surface area contributed by atoms with Gasteiger partial charge in [0.05, 0.1) is 17.3 Å². The maximum atomic E-state index is 6.06. The summed E-state index contributed by atoms with van der Waals surface area (Å²) in [5, 5.41) is 5.80. The fourth-order valence-electron chi connectivity index (χ4n) is 5.64. The van der Waals surface area contributed by atoms with E-state index in [9.17, 15) is 0 Å². The molecule has 0 fully saturated rings. The van der Waals surface area contributed by atoms with Crippen molar-refractivity contribution in [2.24, 2.45) is 0 Å². The number of benzene rings is 6. The van der Waals surface area contributed by atoms with E-state index < -0.39 is 0 Å². The van der Waals surface area contributed by atoms with Gasteiger partial charge in [-0.05, 0) is 62.0 Å². The Hall–Kier alpha value is -5.28. The van der Waals surface area contributed by atoms with Gasteiger partial charge in [0.2, 0.25) is 5.71 Å². The second-order valence-electron chi connectivity index (χ2n) is 9.86. The molecule has 0 atom stereocenters. The second kappa shape index (κ2) is 8.64. The second-order valence-corrected chi connectivity index (χ2v) is 9.86. The van der Waals surface area contributed by atoms with Gasteiger partial charge in [-0.25, -0.2) is 9.97 Å². The van der Waals surface area contributed by atoms with E-state index in [1.165, 1.54) is 21.9 Å². The van der Waals surface area contributed by atoms with Crippen molar-refractivity contribution in [1.82, 2.24) is 9.97 Å². The minimum absolute atomic E-state index is 0.559. The maximum absolute atomic E-state index is 6.06. The number of fused-ring (bicyclic) bond motifs is 6. The predicted molar refractivity (Wildman–Crippen MR) is 161 cm³/mol. The molecule has 0 unspecified atom stereocenters. The highest BCUT2D eigenvalue weighted by Crippen LogP contribution is 2.35. The summed E-state index contributed by atoms with van der Waals surface area (Å²) in [7, 11) is 0. The highest BCUT2D eigenvalue weighted by molar-refractivity contribution is 6.17. The first kappa shape index (κ1) is 21.8. The van der Waals surface area contributed by atoms with Crippen molar-refractivity contribution in [2.45, 2.75) is 0 Å². The molecular weight excluding hydrogens is 476 g/mol. The van der Waals surface area contributed by atoms with Gasteiger partial charge in [-0.3, -0.25) is 0 Å². The van der Waals surface area contributed by atoms with E-state index in [-0.39, 0.29) is 0 Å². The van der Waals surface area contributed by atoms with Crippen LogP contribution >= 0.6 is 0 Å². The highest BCUT2D eigenvalue weighted by Gasteiger charge is 2.15. The van der Waals surface area contributed by atoms with Gasteiger partial charge in [0, 0.05) is 5.56 Å². The number of rotatable bonds is 3. The smallest absolute Gasteiger partial charge is 0.246 e. The standard InChI is InChI=1S/C36H22N2O/c1-3-15-29-23(8-1)10-7-17-30(29)27-13-5-11-25(20-27)26-12-6-14-28(21-26)32-22-37-36-35(38-32)34-31-16-4-2-9-24(31)18-19-33(34)39-36/h1-22H. The first-order valence-electron chi connectivity index (χ1n) is 13.1. The Kier molecular flexibility index (Phi) is 4.82. The van der Waals surface area contributed by atoms with Crippen LogP contribution in [0.15, 0.2) is 138 Å². The quantitative estimate of drug-likeness (QED) is 0.243. The molecule has 0 N–H and O–H groups in total. The van der Waals surface area contributed by atoms with Crippen LogP contribution in [0.25, 0.3) is 77.3 Å². The van der Waals surface area contributed by atoms with Crippen molar-refractivity contribution in [3.05, 3.63) is 134 Å². The first-order valence-corrected chi connectivity index (χ1v) is 13.1. The Morgan fingerprint density at radius 3 is 2.00 bits per heavy atom. The number of nitrogens with zero attached hydrogens (tertiary/aromatic N) is 2. The Morgan fingerprint density at radius 2 is 1.15 bits per heavy atom. The Labute approximate surface area is 225 Å². The third-order valence-corrected chi connectivity index (χ3v) is 7.53. The molecule has 0 aliphatic rings. The van der Waals surface area contributed by atoms with E-state index in [0.717, 1.165) is 49.6 Å². The molecule has 0 radical (unpaired) electrons. The van der Waals surface area contributed by atoms with Crippen LogP contribution in [-0.2, 0) is 0 Å². The minimum Gasteiger partial charge on any atom is -0.436 e. The average molecular weight is 499 g/mol. The number of hydrogen-bond donors (Lipinski definition) is 0. The fourth-order valence-corrected chi connectivity index (χ4v) is 5.64. The van der Waals surface area contributed by atoms with Gasteiger partial charge in [-0.1, -0.05) is 109 Å². The van der Waals surface area contributed by atoms with E-state index in [2.05, 4.69) is 114 Å². The fraction of sp³-hybridized carbons (Fsp3) is 0. The summed E-state index contributed by atoms with van der Waals surface area (Å²) in [6, 6.07) is 44.7. The van der Waals surface area contributed by atoms with Crippen molar-refractivity contribution < 1.29 is 4.42 Å². The lowest BCUT2D eigenvalue weighted by molar-refractivity contribution is 0.653. The van der Waals surface area contributed by atoms with Gasteiger partial charge >= 0.3 is 0 Å². The Balaban J connectivity index is 1.24. The summed E-state index contributed by atoms with van der Waals surface area (Å²) < 4.78 is 6.06. The molecule has 3 heteroatoms. The van der Waals surface area contributed by atoms with Crippen molar-refractivity contribution in [3.8, 4) is 33.5 Å². The molecule has 8 rings (SSSR count). The molecule has 0 bridgehead atoms. The van der Waals surface area contributed by atoms with Gasteiger partial charge in [-0.2, -0.15) is 0 Å². The van der Waals surface area contributed by atoms with E-state index in [1.54, 1.807) is 6.20 Å². The molecule has 0 spiro atoms. The number of furan rings is 1. The Bertz CT molecular complexity index is 2190. The van der Waals surface area contributed by atoms with E-state index in [4.69, 9.17) is 9.40 Å². The van der Waals surface area contributed by atoms with Crippen LogP contribution < -0.4 is 0 Å². The SMILES string of the molecule is c1cc(-c2cccc(-c3cccc4ccccc34)c2)cc(-c2cnc3oc4ccc5ccccc5c4c3n2)c1. The van der Waals surface area contributed by atoms with Gasteiger partial charge in [0.1, 0.15) is 11.1 Å². The molecule has 0 saturated carbocycles. The minimum atomic E-state index is 0.559. The van der Waals surface area contributed by atoms with Crippen LogP contribution in [0.1, 0.15) is 0 Å². The molecular formula is C36H22N2O. The largest absolute Gasteiger partial charge is 0.436 e. The molecule has 2 aromatic heterocycles. The van der Waals surface area contributed by atoms with Gasteiger partial charge in [0.15, 0.2) is 0 Å². The lowest BCUT2D eigenvalue weighted by Crippen LogP contribution is -1.88. The molecule has 182 valence electrons. The van der Waals surface area contributed by atoms with Gasteiger partial charge < -0.3 is 4.42 Å². The zero-order valence-corrected chi connectivity index (χ0v) is 21.0. The molecule has 6 aromatic carbocycles. The molecule has 0 amide bonds. The average Bonchev–Trinajstić information content (AvgIpc) is 3.39. The summed E-state index contributed by atoms with van der Waals surface area (Å²) in [6.07, 6.45) is 1.80. The van der Waals surface area contributed by atoms with Crippen molar-refractivity contribution in [1.29, 1.82) is 0 Å². The topological polar surface area (TPSA) is 38.9 Å². The van der Waals surface area contributed by atoms with Crippen LogP contribution in [-0.4, -0.2) is 9.97 Å². The van der Waals surface area contributed by atoms with E-state index in [1.807, 2.05) is 18.2 Å². The summed E-state index contributed by atoms with van der Waals surface area (Å²) >= 11 is 0. The number of hydrogen-bond acceptors (Lipinski definition) is 3. The summed E-state index contributed by atoms with van der Waals surface area (Å²) in [5.41, 5.74) is 8.74. The van der Waals surface area contributed by atoms with Crippen LogP contribution in [0, 0.1) is 0 Å². The van der Waals surface area contributed by atoms with Crippen molar-refractivity contribution >= 4 is 43.7 Å². The summed E-state index contributed by atoms with van der Waals surface area (Å²) in [6.45, 7) is 0. The lowest BCUT2D eigenvalue weighted by atomic mass is 9.94. The normalized spacial score (nSPS) is 11.6. The first-order chi connectivity index (χ1) is 19.3. The summed E-state index contributed by atoms with van der Waals surface area (Å²) in [4.78, 5) is 9.72. The van der Waals surface area contributed by atoms with Gasteiger partial charge in [0.25, 0.3) is 0 Å². The summed E-state index contributed by atoms with van der Waals surface area (Å²) in [5.74, 6) is 0. The Morgan fingerprint density at radius 1 is 0.513 bits per heavy atom. The third-order valence-electron chi connectivity index (χ3n) is 7.53.